The van der Waals surface area contributed by atoms with Gasteiger partial charge < -0.3 is 9.47 Å². The SMILES string of the molecule is CCN(Cc1cnc(S(=O)(=O)Cc2ccc(F)cc2)n1Cc1ccccc1)C(=O)c1ccccc1F. The van der Waals surface area contributed by atoms with Crippen LogP contribution in [0.25, 0.3) is 0 Å². The molecule has 36 heavy (non-hydrogen) atoms. The van der Waals surface area contributed by atoms with E-state index in [1.165, 1.54) is 53.6 Å². The third-order valence-electron chi connectivity index (χ3n) is 5.76. The second kappa shape index (κ2) is 10.8. The van der Waals surface area contributed by atoms with E-state index in [4.69, 9.17) is 0 Å². The van der Waals surface area contributed by atoms with Crippen LogP contribution in [0.15, 0.2) is 90.2 Å². The van der Waals surface area contributed by atoms with Crippen LogP contribution in [0.1, 0.15) is 34.1 Å². The first kappa shape index (κ1) is 25.2. The third kappa shape index (κ3) is 5.68. The van der Waals surface area contributed by atoms with Crippen LogP contribution in [-0.2, 0) is 28.7 Å². The molecule has 0 aliphatic carbocycles. The van der Waals surface area contributed by atoms with E-state index >= 15 is 0 Å². The summed E-state index contributed by atoms with van der Waals surface area (Å²) in [6.07, 6.45) is 1.43. The Balaban J connectivity index is 1.70. The fourth-order valence-corrected chi connectivity index (χ4v) is 5.39. The lowest BCUT2D eigenvalue weighted by atomic mass is 10.2. The Kier molecular flexibility index (Phi) is 7.59. The van der Waals surface area contributed by atoms with Crippen molar-refractivity contribution in [3.05, 3.63) is 119 Å². The van der Waals surface area contributed by atoms with E-state index in [0.29, 0.717) is 11.3 Å². The molecule has 0 aliphatic rings. The van der Waals surface area contributed by atoms with E-state index in [0.717, 1.165) is 5.56 Å². The standard InChI is InChI=1S/C27H25F2N3O3S/c1-2-31(26(33)24-10-6-7-11-25(24)29)18-23-16-30-27(32(23)17-20-8-4-3-5-9-20)36(34,35)19-21-12-14-22(28)15-13-21/h3-16H,2,17-19H2,1H3. The number of halogens is 2. The van der Waals surface area contributed by atoms with Gasteiger partial charge in [-0.2, -0.15) is 0 Å². The number of sulfone groups is 1. The van der Waals surface area contributed by atoms with Crippen molar-refractivity contribution in [2.24, 2.45) is 0 Å². The molecule has 1 aromatic heterocycles. The van der Waals surface area contributed by atoms with Gasteiger partial charge in [-0.15, -0.1) is 0 Å². The van der Waals surface area contributed by atoms with Gasteiger partial charge in [-0.1, -0.05) is 54.6 Å². The summed E-state index contributed by atoms with van der Waals surface area (Å²) in [6.45, 7) is 2.29. The largest absolute Gasteiger partial charge is 0.333 e. The summed E-state index contributed by atoms with van der Waals surface area (Å²) >= 11 is 0. The van der Waals surface area contributed by atoms with E-state index in [1.54, 1.807) is 17.6 Å². The van der Waals surface area contributed by atoms with Crippen molar-refractivity contribution < 1.29 is 22.0 Å². The molecule has 0 atom stereocenters. The second-order valence-electron chi connectivity index (χ2n) is 8.29. The maximum absolute atomic E-state index is 14.3. The number of hydrogen-bond acceptors (Lipinski definition) is 4. The summed E-state index contributed by atoms with van der Waals surface area (Å²) in [5, 5.41) is -0.153. The molecule has 6 nitrogen and oxygen atoms in total. The zero-order valence-electron chi connectivity index (χ0n) is 19.6. The Labute approximate surface area is 208 Å². The molecule has 0 unspecified atom stereocenters. The summed E-state index contributed by atoms with van der Waals surface area (Å²) in [6, 6.07) is 20.3. The normalized spacial score (nSPS) is 11.4. The van der Waals surface area contributed by atoms with Crippen molar-refractivity contribution in [3.8, 4) is 0 Å². The minimum absolute atomic E-state index is 0.0373. The van der Waals surface area contributed by atoms with Crippen LogP contribution in [0.4, 0.5) is 8.78 Å². The molecule has 0 aliphatic heterocycles. The van der Waals surface area contributed by atoms with Gasteiger partial charge in [0.2, 0.25) is 15.0 Å². The number of imidazole rings is 1. The second-order valence-corrected chi connectivity index (χ2v) is 10.2. The average molecular weight is 510 g/mol. The van der Waals surface area contributed by atoms with Crippen LogP contribution in [0.2, 0.25) is 0 Å². The van der Waals surface area contributed by atoms with E-state index in [2.05, 4.69) is 4.98 Å². The van der Waals surface area contributed by atoms with Crippen molar-refractivity contribution in [3.63, 3.8) is 0 Å². The van der Waals surface area contributed by atoms with E-state index in [1.807, 2.05) is 30.3 Å². The number of benzene rings is 3. The first-order chi connectivity index (χ1) is 17.3. The van der Waals surface area contributed by atoms with Crippen LogP contribution in [0, 0.1) is 11.6 Å². The summed E-state index contributed by atoms with van der Waals surface area (Å²) < 4.78 is 55.8. The number of nitrogens with zero attached hydrogens (tertiary/aromatic N) is 3. The first-order valence-electron chi connectivity index (χ1n) is 11.4. The minimum Gasteiger partial charge on any atom is -0.333 e. The molecule has 0 spiro atoms. The Morgan fingerprint density at radius 1 is 0.917 bits per heavy atom. The lowest BCUT2D eigenvalue weighted by Crippen LogP contribution is -2.32. The molecule has 1 amide bonds. The van der Waals surface area contributed by atoms with Crippen molar-refractivity contribution >= 4 is 15.7 Å². The van der Waals surface area contributed by atoms with Gasteiger partial charge in [0.25, 0.3) is 5.91 Å². The zero-order chi connectivity index (χ0) is 25.7. The highest BCUT2D eigenvalue weighted by Gasteiger charge is 2.26. The fraction of sp³-hybridized carbons (Fsp3) is 0.185. The molecule has 0 radical (unpaired) electrons. The van der Waals surface area contributed by atoms with E-state index in [9.17, 15) is 22.0 Å². The van der Waals surface area contributed by atoms with Crippen LogP contribution >= 0.6 is 0 Å². The summed E-state index contributed by atoms with van der Waals surface area (Å²) in [7, 11) is -3.91. The van der Waals surface area contributed by atoms with Crippen LogP contribution in [-0.4, -0.2) is 35.3 Å². The molecule has 9 heteroatoms. The smallest absolute Gasteiger partial charge is 0.257 e. The number of amides is 1. The van der Waals surface area contributed by atoms with E-state index < -0.39 is 27.4 Å². The highest BCUT2D eigenvalue weighted by atomic mass is 32.2. The van der Waals surface area contributed by atoms with Gasteiger partial charge in [0.15, 0.2) is 0 Å². The molecule has 186 valence electrons. The molecule has 4 aromatic rings. The Hall–Kier alpha value is -3.85. The van der Waals surface area contributed by atoms with Gasteiger partial charge in [0.05, 0.1) is 36.3 Å². The first-order valence-corrected chi connectivity index (χ1v) is 13.0. The molecule has 0 saturated heterocycles. The van der Waals surface area contributed by atoms with Crippen molar-refractivity contribution in [1.82, 2.24) is 14.5 Å². The molecular formula is C27H25F2N3O3S. The number of rotatable bonds is 9. The van der Waals surface area contributed by atoms with Crippen LogP contribution in [0.3, 0.4) is 0 Å². The van der Waals surface area contributed by atoms with Gasteiger partial charge in [-0.25, -0.2) is 22.2 Å². The predicted octanol–water partition coefficient (Wildman–Crippen LogP) is 4.85. The summed E-state index contributed by atoms with van der Waals surface area (Å²) in [5.41, 5.74) is 1.70. The number of carbonyl (C=O) groups excluding carboxylic acids is 1. The molecule has 0 saturated carbocycles. The summed E-state index contributed by atoms with van der Waals surface area (Å²) in [4.78, 5) is 18.7. The van der Waals surface area contributed by atoms with Gasteiger partial charge in [-0.3, -0.25) is 4.79 Å². The Morgan fingerprint density at radius 2 is 1.58 bits per heavy atom. The average Bonchev–Trinajstić information content (AvgIpc) is 3.27. The van der Waals surface area contributed by atoms with Crippen molar-refractivity contribution in [2.75, 3.05) is 6.54 Å². The highest BCUT2D eigenvalue weighted by Crippen LogP contribution is 2.21. The van der Waals surface area contributed by atoms with E-state index in [-0.39, 0.29) is 36.1 Å². The van der Waals surface area contributed by atoms with Gasteiger partial charge in [0, 0.05) is 6.54 Å². The highest BCUT2D eigenvalue weighted by molar-refractivity contribution is 7.90. The van der Waals surface area contributed by atoms with Crippen molar-refractivity contribution in [2.45, 2.75) is 30.9 Å². The third-order valence-corrected chi connectivity index (χ3v) is 7.35. The van der Waals surface area contributed by atoms with Gasteiger partial charge in [0.1, 0.15) is 11.6 Å². The summed E-state index contributed by atoms with van der Waals surface area (Å²) in [5.74, 6) is -1.94. The predicted molar refractivity (Wildman–Crippen MR) is 132 cm³/mol. The number of aromatic nitrogens is 2. The maximum atomic E-state index is 14.3. The monoisotopic (exact) mass is 509 g/mol. The van der Waals surface area contributed by atoms with Gasteiger partial charge >= 0.3 is 0 Å². The molecule has 0 N–H and O–H groups in total. The minimum atomic E-state index is -3.91. The Morgan fingerprint density at radius 3 is 2.25 bits per heavy atom. The van der Waals surface area contributed by atoms with Gasteiger partial charge in [-0.05, 0) is 42.3 Å². The quantitative estimate of drug-likeness (QED) is 0.324. The Bertz CT molecular complexity index is 1450. The molecule has 0 bridgehead atoms. The molecule has 0 fully saturated rings. The van der Waals surface area contributed by atoms with Crippen molar-refractivity contribution in [1.29, 1.82) is 0 Å². The lowest BCUT2D eigenvalue weighted by Gasteiger charge is -2.22. The molecule has 3 aromatic carbocycles. The number of carbonyl (C=O) groups is 1. The molecule has 4 rings (SSSR count). The van der Waals surface area contributed by atoms with Crippen LogP contribution in [0.5, 0.6) is 0 Å². The topological polar surface area (TPSA) is 72.3 Å². The lowest BCUT2D eigenvalue weighted by molar-refractivity contribution is 0.0744. The molecular weight excluding hydrogens is 484 g/mol. The molecule has 1 heterocycles. The number of hydrogen-bond donors (Lipinski definition) is 0. The van der Waals surface area contributed by atoms with Crippen LogP contribution < -0.4 is 0 Å². The maximum Gasteiger partial charge on any atom is 0.257 e. The zero-order valence-corrected chi connectivity index (χ0v) is 20.5. The fourth-order valence-electron chi connectivity index (χ4n) is 3.89.